The number of ether oxygens (including phenoxy) is 1. The van der Waals surface area contributed by atoms with E-state index in [1.54, 1.807) is 31.0 Å². The Morgan fingerprint density at radius 2 is 1.91 bits per heavy atom. The summed E-state index contributed by atoms with van der Waals surface area (Å²) in [6.45, 7) is 11.1. The molecule has 1 aliphatic heterocycles. The number of amides is 1. The van der Waals surface area contributed by atoms with Gasteiger partial charge < -0.3 is 29.9 Å². The lowest BCUT2D eigenvalue weighted by Crippen LogP contribution is -2.44. The molecule has 44 heavy (non-hydrogen) atoms. The maximum Gasteiger partial charge on any atom is 0.276 e. The van der Waals surface area contributed by atoms with Crippen molar-refractivity contribution >= 4 is 45.6 Å². The SMILES string of the molecule is C=CC(=O)N1CCN(c2cc3cnc(Nc4ccc(OCCN(C)C)cc4)nc3n(CC(C)(C)O)c2=O)c2cccc(C)c21. The van der Waals surface area contributed by atoms with Crippen molar-refractivity contribution in [3.05, 3.63) is 83.3 Å². The number of aliphatic hydroxyl groups is 1. The second kappa shape index (κ2) is 12.5. The highest BCUT2D eigenvalue weighted by atomic mass is 16.5. The fraction of sp³-hybridized carbons (Fsp3) is 0.333. The minimum Gasteiger partial charge on any atom is -0.492 e. The number of likely N-dealkylation sites (N-methyl/N-ethyl adjacent to an activating group) is 1. The van der Waals surface area contributed by atoms with Gasteiger partial charge in [0.1, 0.15) is 23.7 Å². The number of carbonyl (C=O) groups excluding carboxylic acids is 1. The molecule has 0 spiro atoms. The van der Waals surface area contributed by atoms with Gasteiger partial charge in [-0.25, -0.2) is 4.98 Å². The van der Waals surface area contributed by atoms with Crippen molar-refractivity contribution in [1.82, 2.24) is 19.4 Å². The number of fused-ring (bicyclic) bond motifs is 2. The lowest BCUT2D eigenvalue weighted by molar-refractivity contribution is -0.114. The van der Waals surface area contributed by atoms with Crippen LogP contribution in [0.25, 0.3) is 11.0 Å². The van der Waals surface area contributed by atoms with E-state index in [1.807, 2.05) is 68.4 Å². The van der Waals surface area contributed by atoms with Crippen LogP contribution in [0.4, 0.5) is 28.7 Å². The highest BCUT2D eigenvalue weighted by Crippen LogP contribution is 2.39. The average Bonchev–Trinajstić information content (AvgIpc) is 2.98. The third kappa shape index (κ3) is 6.58. The standard InChI is InChI=1S/C33H39N7O4/c1-7-28(41)39-16-15-38(26-10-8-9-22(2)29(26)39)27-19-23-20-34-32(36-30(23)40(31(27)42)21-33(3,4)43)35-24-11-13-25(14-12-24)44-18-17-37(5)6/h7-14,19-20,43H,1,15-18,21H2,2-6H3,(H,34,35,36). The molecule has 0 radical (unpaired) electrons. The molecule has 11 heteroatoms. The minimum atomic E-state index is -1.19. The summed E-state index contributed by atoms with van der Waals surface area (Å²) in [6, 6.07) is 15.0. The number of hydrogen-bond acceptors (Lipinski definition) is 9. The molecule has 4 aromatic rings. The summed E-state index contributed by atoms with van der Waals surface area (Å²) in [5.74, 6) is 0.876. The Morgan fingerprint density at radius 1 is 1.16 bits per heavy atom. The molecular formula is C33H39N7O4. The fourth-order valence-corrected chi connectivity index (χ4v) is 5.27. The number of pyridine rings is 1. The number of carbonyl (C=O) groups is 1. The topological polar surface area (TPSA) is 116 Å². The van der Waals surface area contributed by atoms with Crippen LogP contribution in [0.5, 0.6) is 5.75 Å². The number of nitrogens with one attached hydrogen (secondary N) is 1. The number of benzene rings is 2. The first-order valence-corrected chi connectivity index (χ1v) is 14.5. The first-order valence-electron chi connectivity index (χ1n) is 14.5. The quantitative estimate of drug-likeness (QED) is 0.259. The lowest BCUT2D eigenvalue weighted by Gasteiger charge is -2.38. The van der Waals surface area contributed by atoms with E-state index in [1.165, 1.54) is 10.6 Å². The van der Waals surface area contributed by atoms with Gasteiger partial charge in [-0.2, -0.15) is 4.98 Å². The molecule has 5 rings (SSSR count). The van der Waals surface area contributed by atoms with Crippen LogP contribution in [-0.4, -0.2) is 76.4 Å². The second-order valence-corrected chi connectivity index (χ2v) is 11.8. The Bertz CT molecular complexity index is 1740. The van der Waals surface area contributed by atoms with Gasteiger partial charge >= 0.3 is 0 Å². The van der Waals surface area contributed by atoms with Crippen molar-refractivity contribution in [1.29, 1.82) is 0 Å². The summed E-state index contributed by atoms with van der Waals surface area (Å²) < 4.78 is 7.27. The number of nitrogens with zero attached hydrogens (tertiary/aromatic N) is 6. The van der Waals surface area contributed by atoms with Crippen molar-refractivity contribution in [2.45, 2.75) is 32.9 Å². The van der Waals surface area contributed by atoms with Gasteiger partial charge in [-0.05, 0) is 82.9 Å². The molecule has 11 nitrogen and oxygen atoms in total. The van der Waals surface area contributed by atoms with E-state index in [2.05, 4.69) is 21.8 Å². The zero-order valence-corrected chi connectivity index (χ0v) is 25.9. The maximum atomic E-state index is 14.2. The molecule has 2 aromatic heterocycles. The highest BCUT2D eigenvalue weighted by Gasteiger charge is 2.30. The van der Waals surface area contributed by atoms with Crippen LogP contribution in [0, 0.1) is 6.92 Å². The predicted octanol–water partition coefficient (Wildman–Crippen LogP) is 4.23. The molecule has 0 aliphatic carbocycles. The molecule has 2 aromatic carbocycles. The predicted molar refractivity (Wildman–Crippen MR) is 175 cm³/mol. The van der Waals surface area contributed by atoms with Gasteiger partial charge in [-0.15, -0.1) is 0 Å². The molecule has 0 bridgehead atoms. The largest absolute Gasteiger partial charge is 0.492 e. The van der Waals surface area contributed by atoms with Gasteiger partial charge in [0.05, 0.1) is 23.5 Å². The molecule has 230 valence electrons. The summed E-state index contributed by atoms with van der Waals surface area (Å²) in [5.41, 5.74) is 2.45. The second-order valence-electron chi connectivity index (χ2n) is 11.8. The fourth-order valence-electron chi connectivity index (χ4n) is 5.27. The van der Waals surface area contributed by atoms with E-state index in [4.69, 9.17) is 9.72 Å². The van der Waals surface area contributed by atoms with Crippen molar-refractivity contribution in [3.63, 3.8) is 0 Å². The molecule has 1 aliphatic rings. The number of rotatable bonds is 10. The summed E-state index contributed by atoms with van der Waals surface area (Å²) >= 11 is 0. The Hall–Kier alpha value is -4.74. The summed E-state index contributed by atoms with van der Waals surface area (Å²) in [7, 11) is 3.99. The van der Waals surface area contributed by atoms with Crippen molar-refractivity contribution in [2.24, 2.45) is 0 Å². The van der Waals surface area contributed by atoms with Crippen LogP contribution < -0.4 is 25.4 Å². The minimum absolute atomic E-state index is 0.0151. The first kappa shape index (κ1) is 30.7. The summed E-state index contributed by atoms with van der Waals surface area (Å²) in [6.07, 6.45) is 2.97. The van der Waals surface area contributed by atoms with Crippen molar-refractivity contribution in [3.8, 4) is 5.75 Å². The van der Waals surface area contributed by atoms with Gasteiger partial charge in [0.2, 0.25) is 5.95 Å². The zero-order chi connectivity index (χ0) is 31.6. The first-order chi connectivity index (χ1) is 20.9. The Morgan fingerprint density at radius 3 is 2.59 bits per heavy atom. The highest BCUT2D eigenvalue weighted by molar-refractivity contribution is 6.05. The molecule has 1 amide bonds. The van der Waals surface area contributed by atoms with Crippen LogP contribution in [0.3, 0.4) is 0 Å². The molecule has 2 N–H and O–H groups in total. The van der Waals surface area contributed by atoms with Crippen molar-refractivity contribution < 1.29 is 14.6 Å². The molecule has 0 fully saturated rings. The normalized spacial score (nSPS) is 13.2. The van der Waals surface area contributed by atoms with E-state index in [0.29, 0.717) is 42.4 Å². The Labute approximate surface area is 257 Å². The van der Waals surface area contributed by atoms with E-state index in [0.717, 1.165) is 34.9 Å². The van der Waals surface area contributed by atoms with E-state index in [-0.39, 0.29) is 18.0 Å². The number of aromatic nitrogens is 3. The third-order valence-corrected chi connectivity index (χ3v) is 7.33. The van der Waals surface area contributed by atoms with Gasteiger partial charge in [-0.3, -0.25) is 14.2 Å². The van der Waals surface area contributed by atoms with Crippen LogP contribution >= 0.6 is 0 Å². The van der Waals surface area contributed by atoms with Crippen LogP contribution in [0.1, 0.15) is 19.4 Å². The summed E-state index contributed by atoms with van der Waals surface area (Å²) in [5, 5.41) is 14.6. The number of anilines is 5. The Kier molecular flexibility index (Phi) is 8.70. The number of para-hydroxylation sites is 1. The lowest BCUT2D eigenvalue weighted by atomic mass is 10.1. The molecular weight excluding hydrogens is 558 g/mol. The third-order valence-electron chi connectivity index (χ3n) is 7.33. The number of aryl methyl sites for hydroxylation is 1. The van der Waals surface area contributed by atoms with Gasteiger partial charge in [0, 0.05) is 36.9 Å². The van der Waals surface area contributed by atoms with E-state index < -0.39 is 5.60 Å². The maximum absolute atomic E-state index is 14.2. The van der Waals surface area contributed by atoms with E-state index in [9.17, 15) is 14.7 Å². The average molecular weight is 598 g/mol. The summed E-state index contributed by atoms with van der Waals surface area (Å²) in [4.78, 5) is 41.8. The Balaban J connectivity index is 1.52. The monoisotopic (exact) mass is 597 g/mol. The van der Waals surface area contributed by atoms with Gasteiger partial charge in [0.15, 0.2) is 0 Å². The van der Waals surface area contributed by atoms with Crippen molar-refractivity contribution in [2.75, 3.05) is 55.5 Å². The van der Waals surface area contributed by atoms with E-state index >= 15 is 0 Å². The zero-order valence-electron chi connectivity index (χ0n) is 25.9. The molecule has 3 heterocycles. The van der Waals surface area contributed by atoms with Crippen LogP contribution in [0.2, 0.25) is 0 Å². The molecule has 0 saturated carbocycles. The molecule has 0 atom stereocenters. The van der Waals surface area contributed by atoms with Gasteiger partial charge in [-0.1, -0.05) is 18.7 Å². The number of hydrogen-bond donors (Lipinski definition) is 2. The molecule has 0 unspecified atom stereocenters. The smallest absolute Gasteiger partial charge is 0.276 e. The van der Waals surface area contributed by atoms with Crippen LogP contribution in [0.15, 0.2) is 72.2 Å². The molecule has 0 saturated heterocycles. The van der Waals surface area contributed by atoms with Gasteiger partial charge in [0.25, 0.3) is 11.5 Å². The van der Waals surface area contributed by atoms with Crippen LogP contribution in [-0.2, 0) is 11.3 Å².